The Kier molecular flexibility index (Phi) is 5.93. The molecule has 1 aromatic rings. The van der Waals surface area contributed by atoms with Gasteiger partial charge in [-0.25, -0.2) is 9.78 Å². The monoisotopic (exact) mass is 254 g/mol. The third-order valence-electron chi connectivity index (χ3n) is 2.37. The summed E-state index contributed by atoms with van der Waals surface area (Å²) in [6.07, 6.45) is 3.83. The van der Waals surface area contributed by atoms with E-state index in [0.717, 1.165) is 19.3 Å². The molecule has 0 atom stereocenters. The number of aliphatic hydroxyl groups is 1. The normalized spacial score (nSPS) is 10.1. The molecule has 0 aliphatic heterocycles. The number of esters is 1. The van der Waals surface area contributed by atoms with E-state index < -0.39 is 5.97 Å². The lowest BCUT2D eigenvalue weighted by Crippen LogP contribution is -2.08. The van der Waals surface area contributed by atoms with Crippen molar-refractivity contribution in [3.63, 3.8) is 0 Å². The van der Waals surface area contributed by atoms with Crippen LogP contribution in [0.15, 0.2) is 12.3 Å². The lowest BCUT2D eigenvalue weighted by Gasteiger charge is -2.08. The molecule has 0 aromatic carbocycles. The fraction of sp³-hybridized carbons (Fsp3) is 0.500. The van der Waals surface area contributed by atoms with Gasteiger partial charge < -0.3 is 20.3 Å². The highest BCUT2D eigenvalue weighted by atomic mass is 16.5. The second kappa shape index (κ2) is 7.50. The third-order valence-corrected chi connectivity index (χ3v) is 2.37. The van der Waals surface area contributed by atoms with E-state index in [9.17, 15) is 4.79 Å². The molecule has 0 unspecified atom stereocenters. The average Bonchev–Trinajstić information content (AvgIpc) is 2.39. The van der Waals surface area contributed by atoms with Crippen molar-refractivity contribution in [2.45, 2.75) is 19.3 Å². The molecule has 0 saturated carbocycles. The number of anilines is 1. The molecule has 6 heteroatoms. The van der Waals surface area contributed by atoms with Gasteiger partial charge in [0.25, 0.3) is 0 Å². The van der Waals surface area contributed by atoms with Crippen molar-refractivity contribution >= 4 is 11.7 Å². The van der Waals surface area contributed by atoms with Crippen LogP contribution in [0.5, 0.6) is 5.88 Å². The van der Waals surface area contributed by atoms with Crippen LogP contribution in [0, 0.1) is 0 Å². The number of methoxy groups -OCH3 is 1. The number of ether oxygens (including phenoxy) is 2. The van der Waals surface area contributed by atoms with E-state index in [0.29, 0.717) is 12.5 Å². The summed E-state index contributed by atoms with van der Waals surface area (Å²) in [5.41, 5.74) is 6.12. The summed E-state index contributed by atoms with van der Waals surface area (Å²) in [7, 11) is 1.29. The Hall–Kier alpha value is -1.82. The fourth-order valence-corrected chi connectivity index (χ4v) is 1.38. The van der Waals surface area contributed by atoms with E-state index in [-0.39, 0.29) is 17.9 Å². The number of nitrogens with two attached hydrogens (primary N) is 1. The number of carbonyl (C=O) groups excluding carboxylic acids is 1. The predicted octanol–water partition coefficient (Wildman–Crippen LogP) is 0.992. The van der Waals surface area contributed by atoms with E-state index in [1.807, 2.05) is 0 Å². The summed E-state index contributed by atoms with van der Waals surface area (Å²) in [6.45, 7) is 0.671. The zero-order valence-electron chi connectivity index (χ0n) is 10.4. The number of carbonyl (C=O) groups is 1. The molecule has 0 radical (unpaired) electrons. The van der Waals surface area contributed by atoms with Gasteiger partial charge in [0, 0.05) is 12.7 Å². The highest BCUT2D eigenvalue weighted by molar-refractivity contribution is 5.95. The van der Waals surface area contributed by atoms with Crippen LogP contribution < -0.4 is 10.5 Å². The van der Waals surface area contributed by atoms with Crippen LogP contribution in [-0.4, -0.2) is 36.4 Å². The standard InChI is InChI=1S/C12H18N2O4/c1-17-12(16)9-7-11(14-8-10(9)13)18-6-4-2-3-5-15/h7-8,15H,2-6,13H2,1H3. The first-order valence-corrected chi connectivity index (χ1v) is 5.76. The Morgan fingerprint density at radius 1 is 1.44 bits per heavy atom. The van der Waals surface area contributed by atoms with Crippen LogP contribution in [-0.2, 0) is 4.74 Å². The Balaban J connectivity index is 2.54. The number of rotatable bonds is 7. The minimum Gasteiger partial charge on any atom is -0.478 e. The maximum Gasteiger partial charge on any atom is 0.340 e. The summed E-state index contributed by atoms with van der Waals surface area (Å²) in [5, 5.41) is 8.62. The minimum atomic E-state index is -0.514. The van der Waals surface area contributed by atoms with E-state index in [2.05, 4.69) is 9.72 Å². The molecule has 0 spiro atoms. The molecule has 100 valence electrons. The highest BCUT2D eigenvalue weighted by Crippen LogP contribution is 2.17. The molecule has 1 heterocycles. The largest absolute Gasteiger partial charge is 0.478 e. The summed E-state index contributed by atoms with van der Waals surface area (Å²) in [4.78, 5) is 15.4. The number of hydrogen-bond donors (Lipinski definition) is 2. The Bertz CT molecular complexity index is 396. The SMILES string of the molecule is COC(=O)c1cc(OCCCCCO)ncc1N. The smallest absolute Gasteiger partial charge is 0.340 e. The van der Waals surface area contributed by atoms with Gasteiger partial charge in [-0.05, 0) is 19.3 Å². The van der Waals surface area contributed by atoms with Gasteiger partial charge in [-0.2, -0.15) is 0 Å². The van der Waals surface area contributed by atoms with Gasteiger partial charge in [0.15, 0.2) is 0 Å². The Labute approximate surface area is 106 Å². The predicted molar refractivity (Wildman–Crippen MR) is 66.4 cm³/mol. The summed E-state index contributed by atoms with van der Waals surface area (Å²) < 4.78 is 9.99. The van der Waals surface area contributed by atoms with E-state index >= 15 is 0 Å². The molecular formula is C12H18N2O4. The van der Waals surface area contributed by atoms with Crippen LogP contribution in [0.3, 0.4) is 0 Å². The van der Waals surface area contributed by atoms with Crippen molar-refractivity contribution in [2.24, 2.45) is 0 Å². The summed E-state index contributed by atoms with van der Waals surface area (Å²) in [5.74, 6) is -0.173. The van der Waals surface area contributed by atoms with Gasteiger partial charge in [-0.1, -0.05) is 0 Å². The van der Waals surface area contributed by atoms with Crippen molar-refractivity contribution in [1.29, 1.82) is 0 Å². The third kappa shape index (κ3) is 4.21. The first-order valence-electron chi connectivity index (χ1n) is 5.76. The van der Waals surface area contributed by atoms with Crippen molar-refractivity contribution < 1.29 is 19.4 Å². The molecule has 1 rings (SSSR count). The molecule has 0 aliphatic carbocycles. The van der Waals surface area contributed by atoms with Crippen molar-refractivity contribution in [1.82, 2.24) is 4.98 Å². The molecule has 3 N–H and O–H groups in total. The van der Waals surface area contributed by atoms with Crippen molar-refractivity contribution in [2.75, 3.05) is 26.1 Å². The molecule has 0 saturated heterocycles. The molecule has 0 aliphatic rings. The molecule has 0 bridgehead atoms. The molecule has 1 aromatic heterocycles. The molecule has 6 nitrogen and oxygen atoms in total. The molecule has 18 heavy (non-hydrogen) atoms. The van der Waals surface area contributed by atoms with Gasteiger partial charge in [0.1, 0.15) is 0 Å². The van der Waals surface area contributed by atoms with Crippen LogP contribution in [0.4, 0.5) is 5.69 Å². The van der Waals surface area contributed by atoms with Gasteiger partial charge in [-0.15, -0.1) is 0 Å². The van der Waals surface area contributed by atoms with Gasteiger partial charge in [0.2, 0.25) is 5.88 Å². The zero-order chi connectivity index (χ0) is 13.4. The molecule has 0 amide bonds. The highest BCUT2D eigenvalue weighted by Gasteiger charge is 2.12. The fourth-order valence-electron chi connectivity index (χ4n) is 1.38. The number of hydrogen-bond acceptors (Lipinski definition) is 6. The number of aromatic nitrogens is 1. The minimum absolute atomic E-state index is 0.187. The van der Waals surface area contributed by atoms with Gasteiger partial charge in [-0.3, -0.25) is 0 Å². The number of unbranched alkanes of at least 4 members (excludes halogenated alkanes) is 2. The summed E-state index contributed by atoms with van der Waals surface area (Å²) >= 11 is 0. The van der Waals surface area contributed by atoms with Crippen LogP contribution >= 0.6 is 0 Å². The van der Waals surface area contributed by atoms with Crippen molar-refractivity contribution in [3.8, 4) is 5.88 Å². The Morgan fingerprint density at radius 3 is 2.89 bits per heavy atom. The second-order valence-electron chi connectivity index (χ2n) is 3.73. The topological polar surface area (TPSA) is 94.7 Å². The van der Waals surface area contributed by atoms with E-state index in [1.165, 1.54) is 19.4 Å². The van der Waals surface area contributed by atoms with E-state index in [1.54, 1.807) is 0 Å². The van der Waals surface area contributed by atoms with Crippen molar-refractivity contribution in [3.05, 3.63) is 17.8 Å². The maximum absolute atomic E-state index is 11.4. The molecular weight excluding hydrogens is 236 g/mol. The first kappa shape index (κ1) is 14.2. The van der Waals surface area contributed by atoms with E-state index in [4.69, 9.17) is 15.6 Å². The average molecular weight is 254 g/mol. The lowest BCUT2D eigenvalue weighted by atomic mass is 10.2. The number of nitrogens with zero attached hydrogens (tertiary/aromatic N) is 1. The second-order valence-corrected chi connectivity index (χ2v) is 3.73. The van der Waals surface area contributed by atoms with Crippen LogP contribution in [0.1, 0.15) is 29.6 Å². The number of pyridine rings is 1. The Morgan fingerprint density at radius 2 is 2.22 bits per heavy atom. The number of nitrogen functional groups attached to an aromatic ring is 1. The summed E-state index contributed by atoms with van der Waals surface area (Å²) in [6, 6.07) is 1.47. The zero-order valence-corrected chi connectivity index (χ0v) is 10.4. The molecule has 0 fully saturated rings. The quantitative estimate of drug-likeness (QED) is 0.556. The van der Waals surface area contributed by atoms with Gasteiger partial charge in [0.05, 0.1) is 31.2 Å². The van der Waals surface area contributed by atoms with Gasteiger partial charge >= 0.3 is 5.97 Å². The number of aliphatic hydroxyl groups excluding tert-OH is 1. The first-order chi connectivity index (χ1) is 8.69. The van der Waals surface area contributed by atoms with Crippen LogP contribution in [0.25, 0.3) is 0 Å². The van der Waals surface area contributed by atoms with Crippen LogP contribution in [0.2, 0.25) is 0 Å². The lowest BCUT2D eigenvalue weighted by molar-refractivity contribution is 0.0601. The maximum atomic E-state index is 11.4.